The van der Waals surface area contributed by atoms with Gasteiger partial charge in [-0.1, -0.05) is 0 Å². The van der Waals surface area contributed by atoms with Crippen molar-refractivity contribution in [1.29, 1.82) is 0 Å². The lowest BCUT2D eigenvalue weighted by Gasteiger charge is -2.10. The molecule has 0 aliphatic carbocycles. The molecular weight excluding hydrogens is 393 g/mol. The van der Waals surface area contributed by atoms with Gasteiger partial charge < -0.3 is 15.0 Å². The van der Waals surface area contributed by atoms with E-state index in [-0.39, 0.29) is 30.7 Å². The summed E-state index contributed by atoms with van der Waals surface area (Å²) in [5.74, 6) is -0.0651. The number of anilines is 1. The van der Waals surface area contributed by atoms with Crippen molar-refractivity contribution in [3.8, 4) is 5.75 Å². The topological polar surface area (TPSA) is 71.5 Å². The van der Waals surface area contributed by atoms with E-state index in [0.29, 0.717) is 22.7 Å². The van der Waals surface area contributed by atoms with E-state index < -0.39 is 0 Å². The summed E-state index contributed by atoms with van der Waals surface area (Å²) in [6.45, 7) is 0.249. The lowest BCUT2D eigenvalue weighted by atomic mass is 10.2. The number of aromatic nitrogens is 1. The zero-order valence-corrected chi connectivity index (χ0v) is 16.8. The number of hydrogen-bond acceptors (Lipinski definition) is 5. The van der Waals surface area contributed by atoms with Gasteiger partial charge in [0, 0.05) is 30.7 Å². The lowest BCUT2D eigenvalue weighted by Crippen LogP contribution is -2.21. The first kappa shape index (κ1) is 20.5. The molecule has 6 nitrogen and oxygen atoms in total. The molecule has 2 amide bonds. The van der Waals surface area contributed by atoms with Gasteiger partial charge in [-0.2, -0.15) is 0 Å². The molecule has 0 saturated heterocycles. The van der Waals surface area contributed by atoms with Crippen molar-refractivity contribution >= 4 is 28.8 Å². The van der Waals surface area contributed by atoms with Crippen LogP contribution in [0.4, 0.5) is 10.1 Å². The summed E-state index contributed by atoms with van der Waals surface area (Å²) in [4.78, 5) is 30.0. The first-order chi connectivity index (χ1) is 13.9. The molecule has 0 aliphatic heterocycles. The van der Waals surface area contributed by atoms with E-state index in [1.54, 1.807) is 50.5 Å². The second kappa shape index (κ2) is 9.29. The third kappa shape index (κ3) is 5.86. The molecule has 1 aromatic heterocycles. The van der Waals surface area contributed by atoms with Gasteiger partial charge in [0.2, 0.25) is 5.91 Å². The third-order valence-corrected chi connectivity index (χ3v) is 4.81. The normalized spacial score (nSPS) is 10.4. The molecule has 0 radical (unpaired) electrons. The Bertz CT molecular complexity index is 985. The maximum Gasteiger partial charge on any atom is 0.253 e. The Morgan fingerprint density at radius 3 is 2.45 bits per heavy atom. The summed E-state index contributed by atoms with van der Waals surface area (Å²) in [7, 11) is 3.37. The van der Waals surface area contributed by atoms with Gasteiger partial charge in [-0.15, -0.1) is 11.3 Å². The molecule has 2 aromatic carbocycles. The van der Waals surface area contributed by atoms with Gasteiger partial charge in [-0.3, -0.25) is 9.59 Å². The number of benzene rings is 2. The molecule has 0 bridgehead atoms. The summed E-state index contributed by atoms with van der Waals surface area (Å²) in [5, 5.41) is 5.33. The Balaban J connectivity index is 1.50. The van der Waals surface area contributed by atoms with Crippen molar-refractivity contribution < 1.29 is 18.7 Å². The molecule has 0 aliphatic rings. The molecule has 1 N–H and O–H groups in total. The zero-order valence-electron chi connectivity index (χ0n) is 16.0. The third-order valence-electron chi connectivity index (χ3n) is 3.94. The van der Waals surface area contributed by atoms with E-state index in [2.05, 4.69) is 10.3 Å². The van der Waals surface area contributed by atoms with Crippen LogP contribution in [0.1, 0.15) is 21.1 Å². The monoisotopic (exact) mass is 413 g/mol. The largest absolute Gasteiger partial charge is 0.486 e. The Hall–Kier alpha value is -3.26. The second-order valence-electron chi connectivity index (χ2n) is 6.48. The Morgan fingerprint density at radius 1 is 1.10 bits per heavy atom. The number of rotatable bonds is 7. The van der Waals surface area contributed by atoms with Crippen LogP contribution in [0.25, 0.3) is 0 Å². The molecule has 150 valence electrons. The number of carbonyl (C=O) groups excluding carboxylic acids is 2. The minimum absolute atomic E-state index is 0.0965. The predicted octanol–water partition coefficient (Wildman–Crippen LogP) is 3.74. The fourth-order valence-electron chi connectivity index (χ4n) is 2.50. The van der Waals surface area contributed by atoms with Crippen molar-refractivity contribution in [3.05, 3.63) is 76.0 Å². The number of nitrogens with zero attached hydrogens (tertiary/aromatic N) is 2. The molecule has 0 fully saturated rings. The van der Waals surface area contributed by atoms with Crippen LogP contribution in [-0.4, -0.2) is 35.8 Å². The highest BCUT2D eigenvalue weighted by Gasteiger charge is 2.11. The van der Waals surface area contributed by atoms with Crippen molar-refractivity contribution in [2.75, 3.05) is 19.4 Å². The van der Waals surface area contributed by atoms with E-state index in [1.807, 2.05) is 5.38 Å². The minimum Gasteiger partial charge on any atom is -0.486 e. The first-order valence-corrected chi connectivity index (χ1v) is 9.72. The number of hydrogen-bond donors (Lipinski definition) is 1. The van der Waals surface area contributed by atoms with Gasteiger partial charge >= 0.3 is 0 Å². The van der Waals surface area contributed by atoms with E-state index in [4.69, 9.17) is 4.74 Å². The molecule has 1 heterocycles. The quantitative estimate of drug-likeness (QED) is 0.641. The smallest absolute Gasteiger partial charge is 0.253 e. The van der Waals surface area contributed by atoms with Crippen LogP contribution in [0.5, 0.6) is 5.75 Å². The fraction of sp³-hybridized carbons (Fsp3) is 0.190. The van der Waals surface area contributed by atoms with Crippen LogP contribution >= 0.6 is 11.3 Å². The van der Waals surface area contributed by atoms with E-state index in [1.165, 1.54) is 28.4 Å². The Labute approximate surface area is 172 Å². The number of ether oxygens (including phenoxy) is 1. The average Bonchev–Trinajstić information content (AvgIpc) is 3.14. The summed E-state index contributed by atoms with van der Waals surface area (Å²) in [5.41, 5.74) is 1.81. The molecule has 3 aromatic rings. The van der Waals surface area contributed by atoms with Gasteiger partial charge in [0.1, 0.15) is 23.2 Å². The van der Waals surface area contributed by atoms with Crippen molar-refractivity contribution in [2.24, 2.45) is 0 Å². The van der Waals surface area contributed by atoms with Crippen LogP contribution in [-0.2, 0) is 17.8 Å². The first-order valence-electron chi connectivity index (χ1n) is 8.84. The molecule has 0 spiro atoms. The highest BCUT2D eigenvalue weighted by molar-refractivity contribution is 7.09. The highest BCUT2D eigenvalue weighted by Crippen LogP contribution is 2.17. The lowest BCUT2D eigenvalue weighted by molar-refractivity contribution is -0.115. The molecular formula is C21H20FN3O3S. The number of nitrogens with one attached hydrogen (secondary N) is 1. The van der Waals surface area contributed by atoms with Crippen LogP contribution in [0.3, 0.4) is 0 Å². The van der Waals surface area contributed by atoms with Gasteiger partial charge in [0.25, 0.3) is 5.91 Å². The number of halogens is 1. The molecule has 29 heavy (non-hydrogen) atoms. The highest BCUT2D eigenvalue weighted by atomic mass is 32.1. The number of carbonyl (C=O) groups is 2. The summed E-state index contributed by atoms with van der Waals surface area (Å²) in [6.07, 6.45) is 0.130. The Morgan fingerprint density at radius 2 is 1.79 bits per heavy atom. The minimum atomic E-state index is -0.321. The molecule has 0 saturated carbocycles. The van der Waals surface area contributed by atoms with Crippen molar-refractivity contribution in [3.63, 3.8) is 0 Å². The molecule has 0 atom stereocenters. The summed E-state index contributed by atoms with van der Waals surface area (Å²) in [6, 6.07) is 12.5. The zero-order chi connectivity index (χ0) is 20.8. The average molecular weight is 413 g/mol. The standard InChI is InChI=1S/C21H20FN3O3S/c1-25(2)21(27)14-3-7-16(8-4-14)23-19(26)11-17-13-29-20(24-17)12-28-18-9-5-15(22)6-10-18/h3-10,13H,11-12H2,1-2H3,(H,23,26). The molecule has 3 rings (SSSR count). The van der Waals surface area contributed by atoms with Crippen LogP contribution < -0.4 is 10.1 Å². The summed E-state index contributed by atoms with van der Waals surface area (Å²) >= 11 is 1.40. The SMILES string of the molecule is CN(C)C(=O)c1ccc(NC(=O)Cc2csc(COc3ccc(F)cc3)n2)cc1. The summed E-state index contributed by atoms with van der Waals surface area (Å²) < 4.78 is 18.5. The number of thiazole rings is 1. The van der Waals surface area contributed by atoms with E-state index in [9.17, 15) is 14.0 Å². The van der Waals surface area contributed by atoms with Gasteiger partial charge in [-0.25, -0.2) is 9.37 Å². The van der Waals surface area contributed by atoms with E-state index in [0.717, 1.165) is 5.01 Å². The predicted molar refractivity (Wildman–Crippen MR) is 110 cm³/mol. The van der Waals surface area contributed by atoms with E-state index >= 15 is 0 Å². The van der Waals surface area contributed by atoms with Gasteiger partial charge in [0.15, 0.2) is 0 Å². The fourth-order valence-corrected chi connectivity index (χ4v) is 3.20. The van der Waals surface area contributed by atoms with Crippen molar-refractivity contribution in [1.82, 2.24) is 9.88 Å². The van der Waals surface area contributed by atoms with Crippen LogP contribution in [0.15, 0.2) is 53.9 Å². The Kier molecular flexibility index (Phi) is 6.56. The molecule has 8 heteroatoms. The number of amides is 2. The molecule has 0 unspecified atom stereocenters. The second-order valence-corrected chi connectivity index (χ2v) is 7.42. The van der Waals surface area contributed by atoms with Crippen LogP contribution in [0, 0.1) is 5.82 Å². The van der Waals surface area contributed by atoms with Crippen LogP contribution in [0.2, 0.25) is 0 Å². The van der Waals surface area contributed by atoms with Gasteiger partial charge in [0.05, 0.1) is 12.1 Å². The maximum absolute atomic E-state index is 12.9. The van der Waals surface area contributed by atoms with Gasteiger partial charge in [-0.05, 0) is 48.5 Å². The van der Waals surface area contributed by atoms with Crippen molar-refractivity contribution in [2.45, 2.75) is 13.0 Å². The maximum atomic E-state index is 12.9.